The number of nitrogens with zero attached hydrogens (tertiary/aromatic N) is 1. The van der Waals surface area contributed by atoms with Crippen molar-refractivity contribution in [2.45, 2.75) is 39.8 Å². The van der Waals surface area contributed by atoms with Crippen molar-refractivity contribution in [2.24, 2.45) is 0 Å². The van der Waals surface area contributed by atoms with Crippen molar-refractivity contribution in [3.8, 4) is 5.75 Å². The number of rotatable bonds is 8. The molecule has 4 nitrogen and oxygen atoms in total. The maximum Gasteiger partial charge on any atom is 0.317 e. The molecule has 0 bridgehead atoms. The number of hydrogen-bond donors (Lipinski definition) is 1. The minimum Gasteiger partial charge on any atom is -0.489 e. The molecule has 0 aliphatic heterocycles. The summed E-state index contributed by atoms with van der Waals surface area (Å²) in [6.45, 7) is 7.27. The highest BCUT2D eigenvalue weighted by molar-refractivity contribution is 6.32. The standard InChI is InChI=1S/C15H22ClNO3/c1-4-7-17(10-15(18)19)9-12-5-6-14(13(16)8-12)20-11(2)3/h5-6,8,11H,4,7,9-10H2,1-3H3,(H,18,19). The van der Waals surface area contributed by atoms with Gasteiger partial charge in [0.05, 0.1) is 17.7 Å². The van der Waals surface area contributed by atoms with Gasteiger partial charge in [-0.1, -0.05) is 24.6 Å². The molecule has 0 saturated carbocycles. The number of hydrogen-bond acceptors (Lipinski definition) is 3. The average molecular weight is 300 g/mol. The van der Waals surface area contributed by atoms with Gasteiger partial charge in [-0.3, -0.25) is 9.69 Å². The maximum atomic E-state index is 10.8. The molecule has 1 rings (SSSR count). The van der Waals surface area contributed by atoms with E-state index in [-0.39, 0.29) is 12.6 Å². The van der Waals surface area contributed by atoms with Crippen LogP contribution in [0.2, 0.25) is 5.02 Å². The Morgan fingerprint density at radius 2 is 2.15 bits per heavy atom. The van der Waals surface area contributed by atoms with Gasteiger partial charge >= 0.3 is 5.97 Å². The highest BCUT2D eigenvalue weighted by Crippen LogP contribution is 2.26. The second kappa shape index (κ2) is 8.12. The van der Waals surface area contributed by atoms with E-state index < -0.39 is 5.97 Å². The second-order valence-corrected chi connectivity index (χ2v) is 5.44. The third kappa shape index (κ3) is 5.80. The average Bonchev–Trinajstić information content (AvgIpc) is 2.31. The first kappa shape index (κ1) is 16.8. The van der Waals surface area contributed by atoms with E-state index in [4.69, 9.17) is 21.4 Å². The zero-order chi connectivity index (χ0) is 15.1. The lowest BCUT2D eigenvalue weighted by Crippen LogP contribution is -2.30. The molecule has 0 atom stereocenters. The Balaban J connectivity index is 2.75. The summed E-state index contributed by atoms with van der Waals surface area (Å²) in [5, 5.41) is 9.46. The fourth-order valence-corrected chi connectivity index (χ4v) is 2.22. The molecule has 0 aliphatic carbocycles. The molecule has 0 heterocycles. The van der Waals surface area contributed by atoms with Crippen LogP contribution in [0.4, 0.5) is 0 Å². The van der Waals surface area contributed by atoms with Crippen molar-refractivity contribution in [3.05, 3.63) is 28.8 Å². The van der Waals surface area contributed by atoms with Crippen LogP contribution in [0.25, 0.3) is 0 Å². The van der Waals surface area contributed by atoms with Gasteiger partial charge < -0.3 is 9.84 Å². The molecule has 5 heteroatoms. The highest BCUT2D eigenvalue weighted by Gasteiger charge is 2.11. The van der Waals surface area contributed by atoms with Gasteiger partial charge in [-0.15, -0.1) is 0 Å². The number of benzene rings is 1. The van der Waals surface area contributed by atoms with E-state index in [0.29, 0.717) is 17.3 Å². The molecule has 1 aromatic rings. The molecule has 0 saturated heterocycles. The van der Waals surface area contributed by atoms with E-state index in [1.165, 1.54) is 0 Å². The first-order chi connectivity index (χ1) is 9.42. The predicted molar refractivity (Wildman–Crippen MR) is 80.4 cm³/mol. The van der Waals surface area contributed by atoms with E-state index in [0.717, 1.165) is 18.5 Å². The quantitative estimate of drug-likeness (QED) is 0.799. The zero-order valence-electron chi connectivity index (χ0n) is 12.2. The van der Waals surface area contributed by atoms with Crippen LogP contribution in [0.1, 0.15) is 32.8 Å². The largest absolute Gasteiger partial charge is 0.489 e. The van der Waals surface area contributed by atoms with Gasteiger partial charge in [0, 0.05) is 6.54 Å². The number of halogens is 1. The molecular formula is C15H22ClNO3. The summed E-state index contributed by atoms with van der Waals surface area (Å²) in [5.41, 5.74) is 0.987. The van der Waals surface area contributed by atoms with Crippen LogP contribution < -0.4 is 4.74 Å². The Bertz CT molecular complexity index is 449. The lowest BCUT2D eigenvalue weighted by molar-refractivity contribution is -0.138. The third-order valence-corrected chi connectivity index (χ3v) is 2.96. The summed E-state index contributed by atoms with van der Waals surface area (Å²) in [7, 11) is 0. The summed E-state index contributed by atoms with van der Waals surface area (Å²) in [5.74, 6) is -0.157. The SMILES string of the molecule is CCCN(CC(=O)O)Cc1ccc(OC(C)C)c(Cl)c1. The van der Waals surface area contributed by atoms with Gasteiger partial charge in [-0.2, -0.15) is 0 Å². The molecule has 112 valence electrons. The van der Waals surface area contributed by atoms with E-state index in [2.05, 4.69) is 0 Å². The first-order valence-corrected chi connectivity index (χ1v) is 7.19. The summed E-state index contributed by atoms with van der Waals surface area (Å²) in [4.78, 5) is 12.7. The van der Waals surface area contributed by atoms with Gasteiger partial charge in [0.25, 0.3) is 0 Å². The van der Waals surface area contributed by atoms with Crippen molar-refractivity contribution in [1.82, 2.24) is 4.90 Å². The molecular weight excluding hydrogens is 278 g/mol. The van der Waals surface area contributed by atoms with Crippen LogP contribution in [0, 0.1) is 0 Å². The number of carboxylic acids is 1. The fourth-order valence-electron chi connectivity index (χ4n) is 1.97. The van der Waals surface area contributed by atoms with Gasteiger partial charge in [0.1, 0.15) is 5.75 Å². The van der Waals surface area contributed by atoms with Crippen molar-refractivity contribution in [2.75, 3.05) is 13.1 Å². The number of ether oxygens (including phenoxy) is 1. The molecule has 0 spiro atoms. The summed E-state index contributed by atoms with van der Waals surface area (Å²) in [6, 6.07) is 5.60. The van der Waals surface area contributed by atoms with Crippen molar-refractivity contribution < 1.29 is 14.6 Å². The zero-order valence-corrected chi connectivity index (χ0v) is 13.0. The summed E-state index contributed by atoms with van der Waals surface area (Å²) >= 11 is 6.18. The minimum absolute atomic E-state index is 0.0374. The van der Waals surface area contributed by atoms with Crippen molar-refractivity contribution >= 4 is 17.6 Å². The highest BCUT2D eigenvalue weighted by atomic mass is 35.5. The van der Waals surface area contributed by atoms with Crippen LogP contribution in [-0.2, 0) is 11.3 Å². The lowest BCUT2D eigenvalue weighted by atomic mass is 10.2. The molecule has 1 aromatic carbocycles. The van der Waals surface area contributed by atoms with E-state index in [1.54, 1.807) is 0 Å². The van der Waals surface area contributed by atoms with Crippen LogP contribution in [0.15, 0.2) is 18.2 Å². The van der Waals surface area contributed by atoms with Crippen LogP contribution in [-0.4, -0.2) is 35.2 Å². The fraction of sp³-hybridized carbons (Fsp3) is 0.533. The molecule has 0 aromatic heterocycles. The smallest absolute Gasteiger partial charge is 0.317 e. The summed E-state index contributed by atoms with van der Waals surface area (Å²) < 4.78 is 5.58. The molecule has 0 radical (unpaired) electrons. The van der Waals surface area contributed by atoms with E-state index >= 15 is 0 Å². The predicted octanol–water partition coefficient (Wildman–Crippen LogP) is 3.42. The Hall–Kier alpha value is -1.26. The molecule has 20 heavy (non-hydrogen) atoms. The van der Waals surface area contributed by atoms with Crippen LogP contribution in [0.3, 0.4) is 0 Å². The number of carboxylic acid groups (broad SMARTS) is 1. The van der Waals surface area contributed by atoms with E-state index in [1.807, 2.05) is 43.9 Å². The lowest BCUT2D eigenvalue weighted by Gasteiger charge is -2.20. The van der Waals surface area contributed by atoms with Gasteiger partial charge in [-0.25, -0.2) is 0 Å². The Kier molecular flexibility index (Phi) is 6.82. The van der Waals surface area contributed by atoms with Crippen LogP contribution in [0.5, 0.6) is 5.75 Å². The van der Waals surface area contributed by atoms with Gasteiger partial charge in [-0.05, 0) is 44.5 Å². The second-order valence-electron chi connectivity index (χ2n) is 5.04. The van der Waals surface area contributed by atoms with Crippen LogP contribution >= 0.6 is 11.6 Å². The normalized spacial score (nSPS) is 11.1. The van der Waals surface area contributed by atoms with Crippen molar-refractivity contribution in [3.63, 3.8) is 0 Å². The molecule has 0 aliphatic rings. The number of carbonyl (C=O) groups is 1. The molecule has 0 amide bonds. The monoisotopic (exact) mass is 299 g/mol. The molecule has 1 N–H and O–H groups in total. The van der Waals surface area contributed by atoms with E-state index in [9.17, 15) is 4.79 Å². The van der Waals surface area contributed by atoms with Crippen molar-refractivity contribution in [1.29, 1.82) is 0 Å². The summed E-state index contributed by atoms with van der Waals surface area (Å²) in [6.07, 6.45) is 0.984. The Morgan fingerprint density at radius 3 is 2.65 bits per heavy atom. The number of aliphatic carboxylic acids is 1. The third-order valence-electron chi connectivity index (χ3n) is 2.66. The molecule has 0 fully saturated rings. The van der Waals surface area contributed by atoms with Gasteiger partial charge in [0.15, 0.2) is 0 Å². The first-order valence-electron chi connectivity index (χ1n) is 6.81. The Morgan fingerprint density at radius 1 is 1.45 bits per heavy atom. The Labute approximate surface area is 125 Å². The molecule has 0 unspecified atom stereocenters. The minimum atomic E-state index is -0.815. The topological polar surface area (TPSA) is 49.8 Å². The van der Waals surface area contributed by atoms with Gasteiger partial charge in [0.2, 0.25) is 0 Å². The maximum absolute atomic E-state index is 10.8.